The van der Waals surface area contributed by atoms with E-state index in [1.54, 1.807) is 34.6 Å². The van der Waals surface area contributed by atoms with Crippen LogP contribution in [-0.2, 0) is 40.6 Å². The molecule has 45 heavy (non-hydrogen) atoms. The molecule has 1 atom stereocenters. The van der Waals surface area contributed by atoms with Crippen molar-refractivity contribution < 1.29 is 47.0 Å². The van der Waals surface area contributed by atoms with Crippen LogP contribution in [0.4, 0.5) is 4.79 Å². The van der Waals surface area contributed by atoms with Crippen LogP contribution in [0.15, 0.2) is 47.4 Å². The number of rotatable bonds is 18. The second-order valence-electron chi connectivity index (χ2n) is 11.1. The SMILES string of the molecule is Cc1cc(OCCCC(=O)NCCNC(=O)OCc2ccccc2)cc(C)c1S(=O)(=O)N[C@@H](CN(C=O)OC(C)(C)C)C(=O)O. The minimum Gasteiger partial charge on any atom is -0.494 e. The average molecular weight is 651 g/mol. The van der Waals surface area contributed by atoms with Gasteiger partial charge in [0.2, 0.25) is 22.3 Å². The summed E-state index contributed by atoms with van der Waals surface area (Å²) in [7, 11) is -4.32. The molecule has 0 aromatic heterocycles. The monoisotopic (exact) mass is 650 g/mol. The van der Waals surface area contributed by atoms with Gasteiger partial charge in [-0.25, -0.2) is 18.3 Å². The van der Waals surface area contributed by atoms with E-state index in [-0.39, 0.29) is 49.9 Å². The van der Waals surface area contributed by atoms with Crippen molar-refractivity contribution in [1.29, 1.82) is 0 Å². The molecule has 2 aromatic rings. The van der Waals surface area contributed by atoms with Crippen LogP contribution in [0.1, 0.15) is 50.3 Å². The number of carbonyl (C=O) groups excluding carboxylic acids is 3. The van der Waals surface area contributed by atoms with Gasteiger partial charge in [-0.1, -0.05) is 30.3 Å². The number of carbonyl (C=O) groups is 4. The van der Waals surface area contributed by atoms with E-state index in [1.807, 2.05) is 30.3 Å². The van der Waals surface area contributed by atoms with Gasteiger partial charge < -0.3 is 25.2 Å². The van der Waals surface area contributed by atoms with Gasteiger partial charge in [-0.2, -0.15) is 4.72 Å². The molecule has 0 radical (unpaired) electrons. The van der Waals surface area contributed by atoms with E-state index < -0.39 is 40.3 Å². The summed E-state index contributed by atoms with van der Waals surface area (Å²) in [5, 5.41) is 15.6. The molecule has 4 N–H and O–H groups in total. The van der Waals surface area contributed by atoms with E-state index in [2.05, 4.69) is 15.4 Å². The fraction of sp³-hybridized carbons (Fsp3) is 0.467. The first kappa shape index (κ1) is 37.0. The summed E-state index contributed by atoms with van der Waals surface area (Å²) in [5.41, 5.74) is 0.676. The fourth-order valence-corrected chi connectivity index (χ4v) is 5.75. The zero-order valence-corrected chi connectivity index (χ0v) is 26.9. The molecular formula is C30H42N4O10S. The molecule has 0 bridgehead atoms. The van der Waals surface area contributed by atoms with E-state index in [4.69, 9.17) is 14.3 Å². The number of hydrogen-bond donors (Lipinski definition) is 4. The number of hydrogen-bond acceptors (Lipinski definition) is 9. The number of amides is 3. The maximum absolute atomic E-state index is 13.2. The minimum atomic E-state index is -4.32. The van der Waals surface area contributed by atoms with Gasteiger partial charge in [0.15, 0.2) is 0 Å². The quantitative estimate of drug-likeness (QED) is 0.106. The van der Waals surface area contributed by atoms with Crippen molar-refractivity contribution in [3.05, 3.63) is 59.2 Å². The lowest BCUT2D eigenvalue weighted by atomic mass is 10.1. The summed E-state index contributed by atoms with van der Waals surface area (Å²) in [4.78, 5) is 52.3. The van der Waals surface area contributed by atoms with Gasteiger partial charge in [-0.3, -0.25) is 19.2 Å². The Morgan fingerprint density at radius 1 is 1.02 bits per heavy atom. The third-order valence-corrected chi connectivity index (χ3v) is 7.69. The highest BCUT2D eigenvalue weighted by Gasteiger charge is 2.31. The Bertz CT molecular complexity index is 1390. The van der Waals surface area contributed by atoms with Crippen LogP contribution in [0.3, 0.4) is 0 Å². The average Bonchev–Trinajstić information content (AvgIpc) is 2.95. The second kappa shape index (κ2) is 17.3. The zero-order valence-electron chi connectivity index (χ0n) is 26.1. The Hall–Kier alpha value is -4.21. The molecule has 0 aliphatic heterocycles. The van der Waals surface area contributed by atoms with Crippen molar-refractivity contribution in [2.24, 2.45) is 0 Å². The number of carboxylic acid groups (broad SMARTS) is 1. The third-order valence-electron chi connectivity index (χ3n) is 5.92. The summed E-state index contributed by atoms with van der Waals surface area (Å²) in [5.74, 6) is -1.34. The van der Waals surface area contributed by atoms with Crippen LogP contribution in [0.5, 0.6) is 5.75 Å². The summed E-state index contributed by atoms with van der Waals surface area (Å²) in [6, 6.07) is 10.6. The van der Waals surface area contributed by atoms with Crippen molar-refractivity contribution >= 4 is 34.4 Å². The number of alkyl carbamates (subject to hydrolysis) is 1. The molecule has 14 nitrogen and oxygen atoms in total. The Kier molecular flexibility index (Phi) is 14.2. The first-order valence-electron chi connectivity index (χ1n) is 14.2. The van der Waals surface area contributed by atoms with Crippen molar-refractivity contribution in [3.63, 3.8) is 0 Å². The predicted molar refractivity (Wildman–Crippen MR) is 164 cm³/mol. The summed E-state index contributed by atoms with van der Waals surface area (Å²) < 4.78 is 39.3. The van der Waals surface area contributed by atoms with Crippen LogP contribution < -0.4 is 20.1 Å². The normalized spacial score (nSPS) is 12.1. The van der Waals surface area contributed by atoms with Gasteiger partial charge in [0.1, 0.15) is 18.4 Å². The first-order valence-corrected chi connectivity index (χ1v) is 15.7. The zero-order chi connectivity index (χ0) is 33.6. The molecule has 2 aromatic carbocycles. The number of sulfonamides is 1. The van der Waals surface area contributed by atoms with Crippen molar-refractivity contribution in [2.45, 2.75) is 70.6 Å². The largest absolute Gasteiger partial charge is 0.494 e. The van der Waals surface area contributed by atoms with Gasteiger partial charge in [0.05, 0.1) is 23.6 Å². The molecule has 0 spiro atoms. The number of aliphatic carboxylic acids is 1. The maximum atomic E-state index is 13.2. The van der Waals surface area contributed by atoms with Crippen LogP contribution in [0.25, 0.3) is 0 Å². The number of carboxylic acids is 1. The molecule has 15 heteroatoms. The highest BCUT2D eigenvalue weighted by molar-refractivity contribution is 7.89. The highest BCUT2D eigenvalue weighted by Crippen LogP contribution is 2.26. The van der Waals surface area contributed by atoms with E-state index in [1.165, 1.54) is 12.1 Å². The first-order chi connectivity index (χ1) is 21.1. The molecule has 248 valence electrons. The Morgan fingerprint density at radius 3 is 2.22 bits per heavy atom. The van der Waals surface area contributed by atoms with Crippen LogP contribution in [0, 0.1) is 13.8 Å². The Balaban J connectivity index is 1.81. The molecular weight excluding hydrogens is 608 g/mol. The second-order valence-corrected chi connectivity index (χ2v) is 12.7. The number of benzene rings is 2. The molecule has 0 heterocycles. The minimum absolute atomic E-state index is 0.118. The lowest BCUT2D eigenvalue weighted by molar-refractivity contribution is -0.218. The van der Waals surface area contributed by atoms with Gasteiger partial charge in [0, 0.05) is 19.5 Å². The maximum Gasteiger partial charge on any atom is 0.407 e. The Morgan fingerprint density at radius 2 is 1.64 bits per heavy atom. The smallest absolute Gasteiger partial charge is 0.407 e. The van der Waals surface area contributed by atoms with Gasteiger partial charge in [-0.15, -0.1) is 0 Å². The van der Waals surface area contributed by atoms with Crippen LogP contribution in [0.2, 0.25) is 0 Å². The van der Waals surface area contributed by atoms with Crippen LogP contribution in [-0.4, -0.2) is 80.9 Å². The van der Waals surface area contributed by atoms with E-state index >= 15 is 0 Å². The number of hydroxylamine groups is 2. The molecule has 3 amide bonds. The summed E-state index contributed by atoms with van der Waals surface area (Å²) in [6.07, 6.45) is 0.243. The van der Waals surface area contributed by atoms with Crippen molar-refractivity contribution in [2.75, 3.05) is 26.2 Å². The van der Waals surface area contributed by atoms with E-state index in [0.717, 1.165) is 10.6 Å². The fourth-order valence-electron chi connectivity index (χ4n) is 4.12. The van der Waals surface area contributed by atoms with Crippen molar-refractivity contribution in [3.8, 4) is 5.75 Å². The predicted octanol–water partition coefficient (Wildman–Crippen LogP) is 2.43. The van der Waals surface area contributed by atoms with Gasteiger partial charge in [0.25, 0.3) is 0 Å². The molecule has 0 saturated carbocycles. The lowest BCUT2D eigenvalue weighted by Gasteiger charge is -2.28. The molecule has 0 unspecified atom stereocenters. The third kappa shape index (κ3) is 13.5. The molecule has 0 fully saturated rings. The summed E-state index contributed by atoms with van der Waals surface area (Å²) >= 11 is 0. The standard InChI is InChI=1S/C30H42N4O10S/c1-21-16-24(42-15-9-12-26(36)31-13-14-32-29(39)43-19-23-10-7-6-8-11-23)17-22(2)27(21)45(40,41)33-25(28(37)38)18-34(20-35)44-30(3,4)5/h6-8,10-11,16-17,20,25,33H,9,12-15,18-19H2,1-5H3,(H,31,36)(H,32,39)(H,37,38)/t25-/m0/s1. The van der Waals surface area contributed by atoms with Gasteiger partial charge in [-0.05, 0) is 69.9 Å². The lowest BCUT2D eigenvalue weighted by Crippen LogP contribution is -2.49. The highest BCUT2D eigenvalue weighted by atomic mass is 32.2. The molecule has 2 rings (SSSR count). The number of nitrogens with one attached hydrogen (secondary N) is 3. The van der Waals surface area contributed by atoms with E-state index in [9.17, 15) is 32.7 Å². The van der Waals surface area contributed by atoms with Crippen LogP contribution >= 0.6 is 0 Å². The topological polar surface area (TPSA) is 190 Å². The summed E-state index contributed by atoms with van der Waals surface area (Å²) in [6.45, 7) is 8.25. The molecule has 0 saturated heterocycles. The Labute approximate surface area is 263 Å². The van der Waals surface area contributed by atoms with E-state index in [0.29, 0.717) is 23.3 Å². The van der Waals surface area contributed by atoms with Crippen molar-refractivity contribution in [1.82, 2.24) is 20.4 Å². The number of aryl methyl sites for hydroxylation is 2. The van der Waals surface area contributed by atoms with Gasteiger partial charge >= 0.3 is 12.1 Å². The number of ether oxygens (including phenoxy) is 2. The number of nitrogens with zero attached hydrogens (tertiary/aromatic N) is 1. The molecule has 0 aliphatic rings. The molecule has 0 aliphatic carbocycles.